The summed E-state index contributed by atoms with van der Waals surface area (Å²) in [5.74, 6) is 0.0280. The Morgan fingerprint density at radius 3 is 3.06 bits per heavy atom. The summed E-state index contributed by atoms with van der Waals surface area (Å²) in [7, 11) is 0. The van der Waals surface area contributed by atoms with Crippen LogP contribution in [0.5, 0.6) is 0 Å². The van der Waals surface area contributed by atoms with Crippen LogP contribution < -0.4 is 9.80 Å². The number of pyridine rings is 1. The topological polar surface area (TPSA) is 56.7 Å². The fourth-order valence-corrected chi connectivity index (χ4v) is 2.80. The van der Waals surface area contributed by atoms with Crippen molar-refractivity contribution in [1.82, 2.24) is 4.98 Å². The molecule has 5 nitrogen and oxygen atoms in total. The van der Waals surface area contributed by atoms with Crippen molar-refractivity contribution < 1.29 is 9.90 Å². The first-order valence-electron chi connectivity index (χ1n) is 5.83. The van der Waals surface area contributed by atoms with Crippen LogP contribution in [0.3, 0.4) is 0 Å². The van der Waals surface area contributed by atoms with Gasteiger partial charge in [0.15, 0.2) is 0 Å². The molecule has 0 bridgehead atoms. The van der Waals surface area contributed by atoms with E-state index in [-0.39, 0.29) is 18.1 Å². The predicted molar refractivity (Wildman–Crippen MR) is 64.0 cm³/mol. The first-order chi connectivity index (χ1) is 8.16. The minimum Gasteiger partial charge on any atom is -0.391 e. The van der Waals surface area contributed by atoms with Crippen molar-refractivity contribution in [1.29, 1.82) is 0 Å². The molecule has 3 heterocycles. The second-order valence-corrected chi connectivity index (χ2v) is 4.69. The molecule has 1 fully saturated rings. The Morgan fingerprint density at radius 1 is 1.47 bits per heavy atom. The van der Waals surface area contributed by atoms with Crippen LogP contribution in [-0.2, 0) is 4.79 Å². The standard InChI is InChI=1S/C12H15N3O2/c1-8(16)14-6-9-4-10(17)7-15(9)11-2-3-13-5-12(11)14/h2-3,5,9-10,17H,4,6-7H2,1H3. The van der Waals surface area contributed by atoms with Gasteiger partial charge in [0.25, 0.3) is 0 Å². The highest BCUT2D eigenvalue weighted by Crippen LogP contribution is 2.38. The van der Waals surface area contributed by atoms with Crippen LogP contribution in [-0.4, -0.2) is 41.2 Å². The van der Waals surface area contributed by atoms with E-state index in [1.165, 1.54) is 0 Å². The molecule has 2 aliphatic heterocycles. The molecule has 1 N–H and O–H groups in total. The number of nitrogens with zero attached hydrogens (tertiary/aromatic N) is 3. The SMILES string of the molecule is CC(=O)N1CC2CC(O)CN2c2ccncc21. The Kier molecular flexibility index (Phi) is 2.29. The highest BCUT2D eigenvalue weighted by Gasteiger charge is 2.38. The van der Waals surface area contributed by atoms with Gasteiger partial charge in [-0.2, -0.15) is 0 Å². The lowest BCUT2D eigenvalue weighted by Crippen LogP contribution is -2.47. The molecule has 2 atom stereocenters. The Morgan fingerprint density at radius 2 is 2.29 bits per heavy atom. The first kappa shape index (κ1) is 10.5. The Bertz CT molecular complexity index is 463. The fourth-order valence-electron chi connectivity index (χ4n) is 2.80. The number of fused-ring (bicyclic) bond motifs is 3. The minimum absolute atomic E-state index is 0.0280. The Hall–Kier alpha value is -1.62. The maximum atomic E-state index is 11.6. The van der Waals surface area contributed by atoms with Gasteiger partial charge in [-0.15, -0.1) is 0 Å². The van der Waals surface area contributed by atoms with Crippen molar-refractivity contribution >= 4 is 17.3 Å². The largest absolute Gasteiger partial charge is 0.391 e. The van der Waals surface area contributed by atoms with E-state index in [4.69, 9.17) is 0 Å². The van der Waals surface area contributed by atoms with E-state index in [2.05, 4.69) is 9.88 Å². The summed E-state index contributed by atoms with van der Waals surface area (Å²) >= 11 is 0. The molecule has 1 aromatic rings. The van der Waals surface area contributed by atoms with Gasteiger partial charge < -0.3 is 14.9 Å². The molecule has 90 valence electrons. The van der Waals surface area contributed by atoms with E-state index >= 15 is 0 Å². The van der Waals surface area contributed by atoms with E-state index in [0.29, 0.717) is 13.1 Å². The van der Waals surface area contributed by atoms with E-state index in [0.717, 1.165) is 17.8 Å². The van der Waals surface area contributed by atoms with Crippen LogP contribution in [0.1, 0.15) is 13.3 Å². The number of aromatic nitrogens is 1. The highest BCUT2D eigenvalue weighted by atomic mass is 16.3. The van der Waals surface area contributed by atoms with Gasteiger partial charge in [-0.25, -0.2) is 0 Å². The van der Waals surface area contributed by atoms with Gasteiger partial charge in [0, 0.05) is 32.3 Å². The Balaban J connectivity index is 2.06. The molecule has 3 rings (SSSR count). The number of amides is 1. The molecule has 0 spiro atoms. The summed E-state index contributed by atoms with van der Waals surface area (Å²) in [6.07, 6.45) is 3.88. The molecule has 17 heavy (non-hydrogen) atoms. The first-order valence-corrected chi connectivity index (χ1v) is 5.83. The summed E-state index contributed by atoms with van der Waals surface area (Å²) in [6, 6.07) is 2.14. The number of aliphatic hydroxyl groups is 1. The molecule has 1 aromatic heterocycles. The summed E-state index contributed by atoms with van der Waals surface area (Å²) in [6.45, 7) is 2.86. The molecule has 1 amide bonds. The third-order valence-corrected chi connectivity index (χ3v) is 3.54. The van der Waals surface area contributed by atoms with Gasteiger partial charge in [0.05, 0.1) is 23.7 Å². The summed E-state index contributed by atoms with van der Waals surface area (Å²) in [4.78, 5) is 19.7. The predicted octanol–water partition coefficient (Wildman–Crippen LogP) is 0.388. The monoisotopic (exact) mass is 233 g/mol. The number of rotatable bonds is 0. The molecular formula is C12H15N3O2. The van der Waals surface area contributed by atoms with Crippen molar-refractivity contribution in [3.8, 4) is 0 Å². The zero-order valence-electron chi connectivity index (χ0n) is 9.71. The molecule has 0 radical (unpaired) electrons. The van der Waals surface area contributed by atoms with Gasteiger partial charge >= 0.3 is 0 Å². The van der Waals surface area contributed by atoms with E-state index < -0.39 is 0 Å². The average Bonchev–Trinajstić information content (AvgIpc) is 2.68. The lowest BCUT2D eigenvalue weighted by atomic mass is 10.1. The maximum Gasteiger partial charge on any atom is 0.224 e. The van der Waals surface area contributed by atoms with Crippen LogP contribution in [0.2, 0.25) is 0 Å². The van der Waals surface area contributed by atoms with Crippen LogP contribution >= 0.6 is 0 Å². The zero-order valence-corrected chi connectivity index (χ0v) is 9.71. The van der Waals surface area contributed by atoms with Crippen molar-refractivity contribution in [2.75, 3.05) is 22.9 Å². The van der Waals surface area contributed by atoms with Gasteiger partial charge in [-0.3, -0.25) is 9.78 Å². The van der Waals surface area contributed by atoms with Gasteiger partial charge in [0.1, 0.15) is 0 Å². The van der Waals surface area contributed by atoms with Gasteiger partial charge in [-0.05, 0) is 12.5 Å². The number of carbonyl (C=O) groups is 1. The molecule has 0 aliphatic carbocycles. The fraction of sp³-hybridized carbons (Fsp3) is 0.500. The molecule has 0 saturated carbocycles. The zero-order chi connectivity index (χ0) is 12.0. The second-order valence-electron chi connectivity index (χ2n) is 4.69. The number of carbonyl (C=O) groups excluding carboxylic acids is 1. The lowest BCUT2D eigenvalue weighted by molar-refractivity contribution is -0.116. The molecule has 2 unspecified atom stereocenters. The summed E-state index contributed by atoms with van der Waals surface area (Å²) in [5, 5.41) is 9.75. The summed E-state index contributed by atoms with van der Waals surface area (Å²) < 4.78 is 0. The highest BCUT2D eigenvalue weighted by molar-refractivity contribution is 5.96. The summed E-state index contributed by atoms with van der Waals surface area (Å²) in [5.41, 5.74) is 1.85. The van der Waals surface area contributed by atoms with Crippen LogP contribution in [0, 0.1) is 0 Å². The second kappa shape index (κ2) is 3.70. The van der Waals surface area contributed by atoms with Crippen molar-refractivity contribution in [3.05, 3.63) is 18.5 Å². The normalized spacial score (nSPS) is 26.7. The molecule has 5 heteroatoms. The maximum absolute atomic E-state index is 11.6. The number of hydrogen-bond acceptors (Lipinski definition) is 4. The van der Waals surface area contributed by atoms with Gasteiger partial charge in [-0.1, -0.05) is 0 Å². The van der Waals surface area contributed by atoms with Crippen LogP contribution in [0.15, 0.2) is 18.5 Å². The number of hydrogen-bond donors (Lipinski definition) is 1. The quantitative estimate of drug-likeness (QED) is 0.704. The van der Waals surface area contributed by atoms with E-state index in [1.807, 2.05) is 6.07 Å². The van der Waals surface area contributed by atoms with Crippen LogP contribution in [0.4, 0.5) is 11.4 Å². The van der Waals surface area contributed by atoms with Crippen molar-refractivity contribution in [2.45, 2.75) is 25.5 Å². The third-order valence-electron chi connectivity index (χ3n) is 3.54. The van der Waals surface area contributed by atoms with E-state index in [9.17, 15) is 9.90 Å². The molecule has 1 saturated heterocycles. The number of anilines is 2. The lowest BCUT2D eigenvalue weighted by Gasteiger charge is -2.39. The van der Waals surface area contributed by atoms with Gasteiger partial charge in [0.2, 0.25) is 5.91 Å². The van der Waals surface area contributed by atoms with Crippen molar-refractivity contribution in [3.63, 3.8) is 0 Å². The van der Waals surface area contributed by atoms with Crippen LogP contribution in [0.25, 0.3) is 0 Å². The molecular weight excluding hydrogens is 218 g/mol. The average molecular weight is 233 g/mol. The molecule has 2 aliphatic rings. The minimum atomic E-state index is -0.298. The Labute approximate surface area is 99.7 Å². The molecule has 0 aromatic carbocycles. The third kappa shape index (κ3) is 1.58. The van der Waals surface area contributed by atoms with E-state index in [1.54, 1.807) is 24.2 Å². The number of aliphatic hydroxyl groups excluding tert-OH is 1. The smallest absolute Gasteiger partial charge is 0.224 e. The van der Waals surface area contributed by atoms with Crippen molar-refractivity contribution in [2.24, 2.45) is 0 Å².